The third-order valence-electron chi connectivity index (χ3n) is 1.23. The van der Waals surface area contributed by atoms with E-state index in [1.54, 1.807) is 17.2 Å². The second-order valence-corrected chi connectivity index (χ2v) is 2.03. The van der Waals surface area contributed by atoms with Crippen LogP contribution in [0.25, 0.3) is 0 Å². The largest absolute Gasteiger partial charge is 0.313 e. The van der Waals surface area contributed by atoms with Gasteiger partial charge in [0.05, 0.1) is 0 Å². The molecule has 0 aromatic rings. The van der Waals surface area contributed by atoms with Gasteiger partial charge in [0.2, 0.25) is 0 Å². The Bertz CT molecular complexity index is 224. The van der Waals surface area contributed by atoms with Crippen LogP contribution in [-0.2, 0) is 0 Å². The highest BCUT2D eigenvalue weighted by molar-refractivity contribution is 5.82. The first-order valence-electron chi connectivity index (χ1n) is 3.61. The quantitative estimate of drug-likeness (QED) is 0.352. The molecule has 0 aliphatic carbocycles. The number of rotatable bonds is 4. The van der Waals surface area contributed by atoms with Crippen molar-refractivity contribution in [2.45, 2.75) is 6.92 Å². The van der Waals surface area contributed by atoms with Crippen LogP contribution < -0.4 is 0 Å². The van der Waals surface area contributed by atoms with E-state index in [1.807, 2.05) is 19.2 Å². The molecular weight excluding hydrogens is 148 g/mol. The number of amidine groups is 1. The third-order valence-corrected chi connectivity index (χ3v) is 1.23. The Morgan fingerprint density at radius 2 is 2.00 bits per heavy atom. The highest BCUT2D eigenvalue weighted by Crippen LogP contribution is 1.94. The first kappa shape index (κ1) is 10.4. The predicted molar refractivity (Wildman–Crippen MR) is 54.7 cm³/mol. The molecule has 0 aromatic heterocycles. The van der Waals surface area contributed by atoms with E-state index >= 15 is 0 Å². The van der Waals surface area contributed by atoms with E-state index in [9.17, 15) is 0 Å². The third kappa shape index (κ3) is 3.56. The summed E-state index contributed by atoms with van der Waals surface area (Å²) in [4.78, 5) is 5.78. The van der Waals surface area contributed by atoms with Crippen LogP contribution in [0.3, 0.4) is 0 Å². The van der Waals surface area contributed by atoms with Gasteiger partial charge in [-0.25, -0.2) is 4.99 Å². The molecule has 0 radical (unpaired) electrons. The van der Waals surface area contributed by atoms with Crippen molar-refractivity contribution in [3.8, 4) is 0 Å². The first-order chi connectivity index (χ1) is 5.76. The van der Waals surface area contributed by atoms with Crippen molar-refractivity contribution in [3.63, 3.8) is 0 Å². The van der Waals surface area contributed by atoms with Gasteiger partial charge in [0.25, 0.3) is 0 Å². The fraction of sp³-hybridized carbons (Fsp3) is 0.100. The average Bonchev–Trinajstić information content (AvgIpc) is 2.06. The summed E-state index contributed by atoms with van der Waals surface area (Å²) < 4.78 is 0. The minimum Gasteiger partial charge on any atom is -0.313 e. The van der Waals surface area contributed by atoms with Crippen LogP contribution in [0.1, 0.15) is 6.92 Å². The van der Waals surface area contributed by atoms with Crippen LogP contribution in [0.15, 0.2) is 55.5 Å². The number of nitrogens with zero attached hydrogens (tertiary/aromatic N) is 2. The molecule has 0 atom stereocenters. The maximum absolute atomic E-state index is 4.00. The van der Waals surface area contributed by atoms with Crippen molar-refractivity contribution in [1.82, 2.24) is 4.90 Å². The highest BCUT2D eigenvalue weighted by atomic mass is 15.1. The van der Waals surface area contributed by atoms with Crippen molar-refractivity contribution in [1.29, 1.82) is 0 Å². The summed E-state index contributed by atoms with van der Waals surface area (Å²) in [7, 11) is 0. The van der Waals surface area contributed by atoms with Crippen molar-refractivity contribution in [3.05, 3.63) is 50.5 Å². The van der Waals surface area contributed by atoms with E-state index in [-0.39, 0.29) is 0 Å². The topological polar surface area (TPSA) is 15.6 Å². The van der Waals surface area contributed by atoms with Gasteiger partial charge in [-0.05, 0) is 13.0 Å². The summed E-state index contributed by atoms with van der Waals surface area (Å²) >= 11 is 0. The summed E-state index contributed by atoms with van der Waals surface area (Å²) in [6.45, 7) is 12.6. The van der Waals surface area contributed by atoms with Crippen LogP contribution in [-0.4, -0.2) is 10.7 Å². The van der Waals surface area contributed by atoms with Crippen LogP contribution in [0.2, 0.25) is 0 Å². The maximum atomic E-state index is 4.00. The first-order valence-corrected chi connectivity index (χ1v) is 3.61. The Kier molecular flexibility index (Phi) is 5.35. The zero-order valence-electron chi connectivity index (χ0n) is 7.40. The lowest BCUT2D eigenvalue weighted by atomic mass is 10.5. The fourth-order valence-corrected chi connectivity index (χ4v) is 0.653. The molecular formula is C10H14N2. The lowest BCUT2D eigenvalue weighted by molar-refractivity contribution is 0.755. The molecule has 0 spiro atoms. The van der Waals surface area contributed by atoms with E-state index in [2.05, 4.69) is 24.7 Å². The van der Waals surface area contributed by atoms with Gasteiger partial charge in [-0.2, -0.15) is 0 Å². The molecule has 0 aliphatic heterocycles. The number of aliphatic imine (C=N–C) groups is 1. The van der Waals surface area contributed by atoms with E-state index in [1.165, 1.54) is 6.20 Å². The van der Waals surface area contributed by atoms with Gasteiger partial charge in [0.1, 0.15) is 5.84 Å². The fourth-order valence-electron chi connectivity index (χ4n) is 0.653. The molecule has 0 saturated carbocycles. The van der Waals surface area contributed by atoms with Crippen LogP contribution in [0.4, 0.5) is 0 Å². The molecule has 0 unspecified atom stereocenters. The molecule has 0 N–H and O–H groups in total. The van der Waals surface area contributed by atoms with Gasteiger partial charge in [0, 0.05) is 18.6 Å². The Hall–Kier alpha value is -1.57. The minimum absolute atomic E-state index is 0.818. The summed E-state index contributed by atoms with van der Waals surface area (Å²) in [6, 6.07) is 0. The van der Waals surface area contributed by atoms with E-state index in [4.69, 9.17) is 0 Å². The Morgan fingerprint density at radius 1 is 1.33 bits per heavy atom. The van der Waals surface area contributed by atoms with E-state index in [0.29, 0.717) is 0 Å². The number of hydrogen-bond acceptors (Lipinski definition) is 1. The molecule has 2 nitrogen and oxygen atoms in total. The molecule has 0 rings (SSSR count). The van der Waals surface area contributed by atoms with Crippen molar-refractivity contribution >= 4 is 5.84 Å². The lowest BCUT2D eigenvalue weighted by Crippen LogP contribution is -2.15. The van der Waals surface area contributed by atoms with Crippen LogP contribution >= 0.6 is 0 Å². The predicted octanol–water partition coefficient (Wildman–Crippen LogP) is 2.69. The highest BCUT2D eigenvalue weighted by Gasteiger charge is 1.94. The summed E-state index contributed by atoms with van der Waals surface area (Å²) in [6.07, 6.45) is 8.49. The maximum Gasteiger partial charge on any atom is 0.109 e. The summed E-state index contributed by atoms with van der Waals surface area (Å²) in [5.74, 6) is 0.818. The zero-order valence-corrected chi connectivity index (χ0v) is 7.40. The molecule has 0 amide bonds. The molecule has 0 saturated heterocycles. The second kappa shape index (κ2) is 6.16. The molecule has 0 aromatic carbocycles. The van der Waals surface area contributed by atoms with Gasteiger partial charge < -0.3 is 4.90 Å². The van der Waals surface area contributed by atoms with Gasteiger partial charge in [0.15, 0.2) is 0 Å². The molecule has 2 heteroatoms. The Morgan fingerprint density at radius 3 is 2.42 bits per heavy atom. The van der Waals surface area contributed by atoms with E-state index in [0.717, 1.165) is 5.84 Å². The van der Waals surface area contributed by atoms with Gasteiger partial charge in [-0.1, -0.05) is 25.8 Å². The second-order valence-electron chi connectivity index (χ2n) is 2.03. The molecule has 0 heterocycles. The van der Waals surface area contributed by atoms with Gasteiger partial charge in [-0.15, -0.1) is 0 Å². The molecule has 12 heavy (non-hydrogen) atoms. The van der Waals surface area contributed by atoms with Gasteiger partial charge in [-0.3, -0.25) is 0 Å². The minimum atomic E-state index is 0.818. The summed E-state index contributed by atoms with van der Waals surface area (Å²) in [5, 5.41) is 0. The van der Waals surface area contributed by atoms with Crippen molar-refractivity contribution in [2.24, 2.45) is 4.99 Å². The SMILES string of the molecule is C=C/C=C\N(C=C)C(C)=NC=C. The number of hydrogen-bond donors (Lipinski definition) is 0. The lowest BCUT2D eigenvalue weighted by Gasteiger charge is -2.12. The van der Waals surface area contributed by atoms with Crippen LogP contribution in [0.5, 0.6) is 0 Å². The van der Waals surface area contributed by atoms with Gasteiger partial charge >= 0.3 is 0 Å². The molecule has 64 valence electrons. The van der Waals surface area contributed by atoms with Crippen molar-refractivity contribution < 1.29 is 0 Å². The summed E-state index contributed by atoms with van der Waals surface area (Å²) in [5.41, 5.74) is 0. The Labute approximate surface area is 73.9 Å². The molecule has 0 aliphatic rings. The number of allylic oxidation sites excluding steroid dienone is 2. The monoisotopic (exact) mass is 162 g/mol. The molecule has 0 bridgehead atoms. The zero-order chi connectivity index (χ0) is 9.40. The normalized spacial score (nSPS) is 11.2. The smallest absolute Gasteiger partial charge is 0.109 e. The standard InChI is InChI=1S/C10H14N2/c1-5-8-9-12(7-3)10(4)11-6-2/h5-9H,1-3H2,4H3/b9-8-,11-10?. The van der Waals surface area contributed by atoms with Crippen LogP contribution in [0, 0.1) is 0 Å². The van der Waals surface area contributed by atoms with E-state index < -0.39 is 0 Å². The Balaban J connectivity index is 4.43. The molecule has 0 fully saturated rings. The average molecular weight is 162 g/mol. The van der Waals surface area contributed by atoms with Crippen molar-refractivity contribution in [2.75, 3.05) is 0 Å².